The third-order valence-electron chi connectivity index (χ3n) is 7.13. The van der Waals surface area contributed by atoms with Crippen molar-refractivity contribution in [3.63, 3.8) is 0 Å². The predicted octanol–water partition coefficient (Wildman–Crippen LogP) is 4.15. The third-order valence-corrected chi connectivity index (χ3v) is 8.26. The van der Waals surface area contributed by atoms with Crippen LogP contribution >= 0.6 is 11.3 Å². The highest BCUT2D eigenvalue weighted by Gasteiger charge is 2.52. The Labute approximate surface area is 210 Å². The Bertz CT molecular complexity index is 1090. The molecule has 1 aliphatic heterocycles. The molecule has 3 N–H and O–H groups in total. The van der Waals surface area contributed by atoms with E-state index in [1.807, 2.05) is 36.4 Å². The molecule has 7 nitrogen and oxygen atoms in total. The van der Waals surface area contributed by atoms with Crippen molar-refractivity contribution in [2.75, 3.05) is 6.54 Å². The monoisotopic (exact) mass is 497 g/mol. The Hall–Kier alpha value is -2.71. The Morgan fingerprint density at radius 1 is 1.09 bits per heavy atom. The summed E-state index contributed by atoms with van der Waals surface area (Å²) >= 11 is 1.39. The standard InChI is InChI=1S/C27H35N3O4S/c1-26(2,3)29-18-10-13-22(27(4,16-18)25(33)34)30-15-14-19(24(30)32)28-23(31)21-12-11-20(35-21)17-8-6-5-7-9-17/h5-9,11-12,18-19,22,29H,10,13-16H2,1-4H3,(H,28,31)(H,33,34)/t18?,19-,22?,27?/m0/s1. The van der Waals surface area contributed by atoms with Crippen LogP contribution < -0.4 is 10.6 Å². The van der Waals surface area contributed by atoms with Crippen LogP contribution in [0.25, 0.3) is 10.4 Å². The normalized spacial score (nSPS) is 27.1. The number of carbonyl (C=O) groups excluding carboxylic acids is 2. The summed E-state index contributed by atoms with van der Waals surface area (Å²) in [6, 6.07) is 12.6. The molecule has 3 unspecified atom stereocenters. The minimum atomic E-state index is -1.05. The highest BCUT2D eigenvalue weighted by atomic mass is 32.1. The summed E-state index contributed by atoms with van der Waals surface area (Å²) in [5.41, 5.74) is -0.115. The van der Waals surface area contributed by atoms with Crippen molar-refractivity contribution in [2.24, 2.45) is 5.41 Å². The summed E-state index contributed by atoms with van der Waals surface area (Å²) in [7, 11) is 0. The second-order valence-corrected chi connectivity index (χ2v) is 12.1. The molecule has 2 amide bonds. The number of carboxylic acid groups (broad SMARTS) is 1. The molecule has 4 atom stereocenters. The number of thiophene rings is 1. The Morgan fingerprint density at radius 3 is 2.46 bits per heavy atom. The van der Waals surface area contributed by atoms with Gasteiger partial charge in [0.1, 0.15) is 6.04 Å². The second kappa shape index (κ2) is 9.74. The van der Waals surface area contributed by atoms with Gasteiger partial charge in [-0.2, -0.15) is 0 Å². The van der Waals surface area contributed by atoms with E-state index in [0.29, 0.717) is 30.7 Å². The molecule has 2 fully saturated rings. The van der Waals surface area contributed by atoms with Gasteiger partial charge in [-0.05, 0) is 71.1 Å². The van der Waals surface area contributed by atoms with Gasteiger partial charge in [0.15, 0.2) is 0 Å². The smallest absolute Gasteiger partial charge is 0.311 e. The van der Waals surface area contributed by atoms with Crippen molar-refractivity contribution >= 4 is 29.1 Å². The van der Waals surface area contributed by atoms with Gasteiger partial charge < -0.3 is 20.6 Å². The molecule has 1 aliphatic carbocycles. The minimum Gasteiger partial charge on any atom is -0.481 e. The van der Waals surface area contributed by atoms with E-state index in [-0.39, 0.29) is 29.4 Å². The largest absolute Gasteiger partial charge is 0.481 e. The number of aliphatic carboxylic acids is 1. The van der Waals surface area contributed by atoms with Crippen LogP contribution in [0, 0.1) is 5.41 Å². The molecule has 1 saturated heterocycles. The lowest BCUT2D eigenvalue weighted by Crippen LogP contribution is -2.59. The molecule has 2 heterocycles. The lowest BCUT2D eigenvalue weighted by atomic mass is 9.68. The van der Waals surface area contributed by atoms with Gasteiger partial charge in [0.05, 0.1) is 10.3 Å². The van der Waals surface area contributed by atoms with Gasteiger partial charge in [-0.15, -0.1) is 11.3 Å². The van der Waals surface area contributed by atoms with Crippen LogP contribution in [0.4, 0.5) is 0 Å². The lowest BCUT2D eigenvalue weighted by Gasteiger charge is -2.47. The zero-order valence-corrected chi connectivity index (χ0v) is 21.7. The maximum absolute atomic E-state index is 13.3. The van der Waals surface area contributed by atoms with E-state index in [2.05, 4.69) is 31.4 Å². The lowest BCUT2D eigenvalue weighted by molar-refractivity contribution is -0.158. The minimum absolute atomic E-state index is 0.0817. The number of benzene rings is 1. The van der Waals surface area contributed by atoms with Gasteiger partial charge in [-0.25, -0.2) is 0 Å². The van der Waals surface area contributed by atoms with Gasteiger partial charge in [0.2, 0.25) is 5.91 Å². The number of nitrogens with zero attached hydrogens (tertiary/aromatic N) is 1. The van der Waals surface area contributed by atoms with Crippen molar-refractivity contribution in [3.05, 3.63) is 47.3 Å². The summed E-state index contributed by atoms with van der Waals surface area (Å²) in [6.45, 7) is 8.43. The van der Waals surface area contributed by atoms with Crippen LogP contribution in [-0.4, -0.2) is 58.0 Å². The number of hydrogen-bond acceptors (Lipinski definition) is 5. The predicted molar refractivity (Wildman–Crippen MR) is 137 cm³/mol. The van der Waals surface area contributed by atoms with Crippen molar-refractivity contribution < 1.29 is 19.5 Å². The zero-order valence-electron chi connectivity index (χ0n) is 20.8. The average Bonchev–Trinajstić information content (AvgIpc) is 3.41. The number of nitrogens with one attached hydrogen (secondary N) is 2. The molecular formula is C27H35N3O4S. The Kier molecular flexibility index (Phi) is 7.06. The Morgan fingerprint density at radius 2 is 1.80 bits per heavy atom. The quantitative estimate of drug-likeness (QED) is 0.557. The van der Waals surface area contributed by atoms with Gasteiger partial charge in [-0.1, -0.05) is 30.3 Å². The van der Waals surface area contributed by atoms with Crippen molar-refractivity contribution in [1.29, 1.82) is 0 Å². The summed E-state index contributed by atoms with van der Waals surface area (Å²) in [6.07, 6.45) is 2.37. The highest BCUT2D eigenvalue weighted by molar-refractivity contribution is 7.17. The molecule has 8 heteroatoms. The number of carbonyl (C=O) groups is 3. The summed E-state index contributed by atoms with van der Waals surface area (Å²) in [5, 5.41) is 16.6. The fraction of sp³-hybridized carbons (Fsp3) is 0.519. The van der Waals surface area contributed by atoms with Crippen LogP contribution in [0.15, 0.2) is 42.5 Å². The topological polar surface area (TPSA) is 98.7 Å². The van der Waals surface area contributed by atoms with Gasteiger partial charge in [0.25, 0.3) is 5.91 Å². The van der Waals surface area contributed by atoms with Crippen molar-refractivity contribution in [1.82, 2.24) is 15.5 Å². The maximum atomic E-state index is 13.3. The van der Waals surface area contributed by atoms with Gasteiger partial charge in [0, 0.05) is 29.0 Å². The summed E-state index contributed by atoms with van der Waals surface area (Å²) < 4.78 is 0. The average molecular weight is 498 g/mol. The third kappa shape index (κ3) is 5.43. The van der Waals surface area contributed by atoms with Gasteiger partial charge >= 0.3 is 5.97 Å². The fourth-order valence-corrected chi connectivity index (χ4v) is 6.40. The van der Waals surface area contributed by atoms with E-state index >= 15 is 0 Å². The molecule has 2 aliphatic rings. The fourth-order valence-electron chi connectivity index (χ4n) is 5.48. The first-order valence-electron chi connectivity index (χ1n) is 12.3. The van der Waals surface area contributed by atoms with Crippen LogP contribution in [0.3, 0.4) is 0 Å². The summed E-state index contributed by atoms with van der Waals surface area (Å²) in [4.78, 5) is 41.9. The molecule has 1 aromatic carbocycles. The summed E-state index contributed by atoms with van der Waals surface area (Å²) in [5.74, 6) is -1.33. The molecule has 1 aromatic heterocycles. The second-order valence-electron chi connectivity index (χ2n) is 11.0. The highest BCUT2D eigenvalue weighted by Crippen LogP contribution is 2.41. The van der Waals surface area contributed by atoms with E-state index < -0.39 is 17.4 Å². The number of amides is 2. The SMILES string of the molecule is CC(C)(C)NC1CCC(N2CC[C@H](NC(=O)c3ccc(-c4ccccc4)s3)C2=O)C(C)(C(=O)O)C1. The molecular weight excluding hydrogens is 462 g/mol. The molecule has 0 radical (unpaired) electrons. The first kappa shape index (κ1) is 25.4. The Balaban J connectivity index is 1.43. The van der Waals surface area contributed by atoms with E-state index in [1.165, 1.54) is 11.3 Å². The van der Waals surface area contributed by atoms with Gasteiger partial charge in [-0.3, -0.25) is 14.4 Å². The molecule has 4 rings (SSSR count). The number of carboxylic acids is 1. The maximum Gasteiger partial charge on any atom is 0.311 e. The van der Waals surface area contributed by atoms with E-state index in [1.54, 1.807) is 17.9 Å². The number of likely N-dealkylation sites (tertiary alicyclic amines) is 1. The first-order valence-corrected chi connectivity index (χ1v) is 13.1. The van der Waals surface area contributed by atoms with E-state index in [0.717, 1.165) is 16.9 Å². The molecule has 0 spiro atoms. The van der Waals surface area contributed by atoms with E-state index in [9.17, 15) is 19.5 Å². The molecule has 188 valence electrons. The molecule has 0 bridgehead atoms. The number of rotatable bonds is 6. The van der Waals surface area contributed by atoms with Crippen molar-refractivity contribution in [2.45, 2.75) is 77.0 Å². The zero-order chi connectivity index (χ0) is 25.4. The first-order chi connectivity index (χ1) is 16.5. The van der Waals surface area contributed by atoms with Crippen LogP contribution in [-0.2, 0) is 9.59 Å². The van der Waals surface area contributed by atoms with Crippen LogP contribution in [0.1, 0.15) is 63.0 Å². The number of hydrogen-bond donors (Lipinski definition) is 3. The van der Waals surface area contributed by atoms with E-state index in [4.69, 9.17) is 0 Å². The van der Waals surface area contributed by atoms with Crippen LogP contribution in [0.5, 0.6) is 0 Å². The molecule has 1 saturated carbocycles. The molecule has 35 heavy (non-hydrogen) atoms. The van der Waals surface area contributed by atoms with Crippen LogP contribution in [0.2, 0.25) is 0 Å². The molecule has 2 aromatic rings. The van der Waals surface area contributed by atoms with Crippen molar-refractivity contribution in [3.8, 4) is 10.4 Å².